The number of alkyl halides is 3. The number of aromatic nitrogens is 1. The summed E-state index contributed by atoms with van der Waals surface area (Å²) < 4.78 is 51.1. The first-order valence-corrected chi connectivity index (χ1v) is 10.6. The molecule has 0 saturated carbocycles. The number of hydrogen-bond donors (Lipinski definition) is 0. The summed E-state index contributed by atoms with van der Waals surface area (Å²) in [5.74, 6) is 0.798. The van der Waals surface area contributed by atoms with Gasteiger partial charge in [-0.2, -0.15) is 13.2 Å². The molecule has 4 nitrogen and oxygen atoms in total. The molecule has 0 aliphatic heterocycles. The first-order valence-electron chi connectivity index (χ1n) is 9.82. The van der Waals surface area contributed by atoms with Crippen molar-refractivity contribution in [1.29, 1.82) is 0 Å². The third-order valence-corrected chi connectivity index (χ3v) is 5.90. The van der Waals surface area contributed by atoms with Gasteiger partial charge < -0.3 is 8.83 Å². The molecule has 0 unspecified atom stereocenters. The SMILES string of the molecule is O=C(/C=C/c1ccc(-c2nc3ccccc3s2)o1)c1ccc(-c2cccc(C(F)(F)F)c2)o1. The van der Waals surface area contributed by atoms with E-state index in [1.54, 1.807) is 12.1 Å². The van der Waals surface area contributed by atoms with Crippen molar-refractivity contribution in [2.24, 2.45) is 0 Å². The second kappa shape index (κ2) is 8.22. The van der Waals surface area contributed by atoms with Crippen LogP contribution in [0.4, 0.5) is 13.2 Å². The number of para-hydroxylation sites is 1. The number of allylic oxidation sites excluding steroid dienone is 1. The Balaban J connectivity index is 1.32. The van der Waals surface area contributed by atoms with E-state index in [1.807, 2.05) is 24.3 Å². The Kier molecular flexibility index (Phi) is 5.22. The van der Waals surface area contributed by atoms with E-state index in [0.29, 0.717) is 11.5 Å². The fourth-order valence-corrected chi connectivity index (χ4v) is 4.18. The number of halogens is 3. The summed E-state index contributed by atoms with van der Waals surface area (Å²) in [6.07, 6.45) is -1.67. The maximum Gasteiger partial charge on any atom is 0.416 e. The van der Waals surface area contributed by atoms with E-state index in [1.165, 1.54) is 47.8 Å². The molecule has 164 valence electrons. The Morgan fingerprint density at radius 3 is 2.55 bits per heavy atom. The van der Waals surface area contributed by atoms with E-state index in [-0.39, 0.29) is 17.1 Å². The van der Waals surface area contributed by atoms with Crippen molar-refractivity contribution < 1.29 is 26.8 Å². The lowest BCUT2D eigenvalue weighted by atomic mass is 10.1. The molecule has 2 aromatic carbocycles. The third-order valence-electron chi connectivity index (χ3n) is 4.85. The zero-order valence-electron chi connectivity index (χ0n) is 16.8. The molecule has 0 N–H and O–H groups in total. The third kappa shape index (κ3) is 4.38. The molecule has 0 aliphatic carbocycles. The molecule has 3 heterocycles. The van der Waals surface area contributed by atoms with Crippen molar-refractivity contribution >= 4 is 33.4 Å². The molecular formula is C25H14F3NO3S. The fraction of sp³-hybridized carbons (Fsp3) is 0.0400. The first kappa shape index (κ1) is 21.0. The predicted molar refractivity (Wildman–Crippen MR) is 120 cm³/mol. The molecular weight excluding hydrogens is 451 g/mol. The average molecular weight is 465 g/mol. The van der Waals surface area contributed by atoms with Crippen molar-refractivity contribution in [1.82, 2.24) is 4.98 Å². The van der Waals surface area contributed by atoms with Gasteiger partial charge in [-0.3, -0.25) is 4.79 Å². The van der Waals surface area contributed by atoms with Crippen LogP contribution < -0.4 is 0 Å². The summed E-state index contributed by atoms with van der Waals surface area (Å²) in [7, 11) is 0. The minimum Gasteiger partial charge on any atom is -0.454 e. The van der Waals surface area contributed by atoms with Gasteiger partial charge in [-0.15, -0.1) is 11.3 Å². The van der Waals surface area contributed by atoms with Gasteiger partial charge in [0, 0.05) is 5.56 Å². The monoisotopic (exact) mass is 465 g/mol. The van der Waals surface area contributed by atoms with Gasteiger partial charge >= 0.3 is 6.18 Å². The lowest BCUT2D eigenvalue weighted by Gasteiger charge is -2.07. The van der Waals surface area contributed by atoms with Crippen molar-refractivity contribution in [3.05, 3.63) is 96.0 Å². The summed E-state index contributed by atoms with van der Waals surface area (Å²) in [4.78, 5) is 17.0. The van der Waals surface area contributed by atoms with Gasteiger partial charge in [0.1, 0.15) is 11.5 Å². The molecule has 0 fully saturated rings. The van der Waals surface area contributed by atoms with Crippen LogP contribution in [0, 0.1) is 0 Å². The van der Waals surface area contributed by atoms with Gasteiger partial charge in [0.15, 0.2) is 16.5 Å². The van der Waals surface area contributed by atoms with Crippen LogP contribution in [0.1, 0.15) is 21.9 Å². The number of carbonyl (C=O) groups is 1. The fourth-order valence-electron chi connectivity index (χ4n) is 3.25. The van der Waals surface area contributed by atoms with Crippen molar-refractivity contribution in [2.75, 3.05) is 0 Å². The molecule has 3 aromatic heterocycles. The number of thiazole rings is 1. The Morgan fingerprint density at radius 1 is 0.909 bits per heavy atom. The van der Waals surface area contributed by atoms with Gasteiger partial charge in [-0.1, -0.05) is 24.3 Å². The van der Waals surface area contributed by atoms with Crippen LogP contribution in [-0.4, -0.2) is 10.8 Å². The Bertz CT molecular complexity index is 1460. The number of fused-ring (bicyclic) bond motifs is 1. The Labute approximate surface area is 189 Å². The smallest absolute Gasteiger partial charge is 0.416 e. The minimum absolute atomic E-state index is 0.0108. The highest BCUT2D eigenvalue weighted by atomic mass is 32.1. The maximum atomic E-state index is 12.9. The average Bonchev–Trinajstić information content (AvgIpc) is 3.56. The number of ketones is 1. The van der Waals surface area contributed by atoms with Crippen LogP contribution in [0.15, 0.2) is 87.7 Å². The van der Waals surface area contributed by atoms with E-state index in [4.69, 9.17) is 8.83 Å². The topological polar surface area (TPSA) is 56.2 Å². The van der Waals surface area contributed by atoms with Crippen LogP contribution in [0.3, 0.4) is 0 Å². The highest BCUT2D eigenvalue weighted by Gasteiger charge is 2.30. The van der Waals surface area contributed by atoms with E-state index >= 15 is 0 Å². The Morgan fingerprint density at radius 2 is 1.73 bits per heavy atom. The summed E-state index contributed by atoms with van der Waals surface area (Å²) >= 11 is 1.51. The van der Waals surface area contributed by atoms with Gasteiger partial charge in [0.05, 0.1) is 15.8 Å². The number of benzene rings is 2. The predicted octanol–water partition coefficient (Wildman–Crippen LogP) is 7.73. The molecule has 0 saturated heterocycles. The summed E-state index contributed by atoms with van der Waals surface area (Å²) in [5.41, 5.74) is 0.334. The molecule has 0 amide bonds. The van der Waals surface area contributed by atoms with Gasteiger partial charge in [-0.25, -0.2) is 4.98 Å². The van der Waals surface area contributed by atoms with Crippen LogP contribution in [0.2, 0.25) is 0 Å². The highest BCUT2D eigenvalue weighted by molar-refractivity contribution is 7.21. The molecule has 0 bridgehead atoms. The minimum atomic E-state index is -4.46. The second-order valence-corrected chi connectivity index (χ2v) is 8.16. The summed E-state index contributed by atoms with van der Waals surface area (Å²) in [6.45, 7) is 0. The maximum absolute atomic E-state index is 12.9. The molecule has 0 aliphatic rings. The summed E-state index contributed by atoms with van der Waals surface area (Å²) in [6, 6.07) is 18.9. The lowest BCUT2D eigenvalue weighted by Crippen LogP contribution is -2.04. The summed E-state index contributed by atoms with van der Waals surface area (Å²) in [5, 5.41) is 0.735. The van der Waals surface area contributed by atoms with Gasteiger partial charge in [0.25, 0.3) is 0 Å². The van der Waals surface area contributed by atoms with Crippen molar-refractivity contribution in [3.63, 3.8) is 0 Å². The van der Waals surface area contributed by atoms with Crippen LogP contribution in [-0.2, 0) is 6.18 Å². The second-order valence-electron chi connectivity index (χ2n) is 7.13. The standard InChI is InChI=1S/C25H14F3NO3S/c26-25(27,28)16-5-3-4-15(14-16)20-12-13-21(32-20)19(30)10-8-17-9-11-22(31-17)24-29-18-6-1-2-7-23(18)33-24/h1-14H/b10-8+. The molecule has 0 atom stereocenters. The lowest BCUT2D eigenvalue weighted by molar-refractivity contribution is -0.137. The van der Waals surface area contributed by atoms with Crippen LogP contribution in [0.5, 0.6) is 0 Å². The number of rotatable bonds is 5. The molecule has 5 rings (SSSR count). The van der Waals surface area contributed by atoms with E-state index in [0.717, 1.165) is 27.4 Å². The van der Waals surface area contributed by atoms with E-state index in [2.05, 4.69) is 4.98 Å². The zero-order valence-corrected chi connectivity index (χ0v) is 17.6. The quantitative estimate of drug-likeness (QED) is 0.197. The van der Waals surface area contributed by atoms with Crippen LogP contribution in [0.25, 0.3) is 38.4 Å². The molecule has 5 aromatic rings. The largest absolute Gasteiger partial charge is 0.454 e. The molecule has 0 radical (unpaired) electrons. The molecule has 8 heteroatoms. The normalized spacial score (nSPS) is 12.1. The van der Waals surface area contributed by atoms with E-state index in [9.17, 15) is 18.0 Å². The Hall–Kier alpha value is -3.91. The van der Waals surface area contributed by atoms with E-state index < -0.39 is 17.5 Å². The van der Waals surface area contributed by atoms with Gasteiger partial charge in [0.2, 0.25) is 5.78 Å². The molecule has 33 heavy (non-hydrogen) atoms. The number of furan rings is 2. The molecule has 0 spiro atoms. The van der Waals surface area contributed by atoms with Gasteiger partial charge in [-0.05, 0) is 60.7 Å². The number of hydrogen-bond acceptors (Lipinski definition) is 5. The first-order chi connectivity index (χ1) is 15.9. The number of nitrogens with zero attached hydrogens (tertiary/aromatic N) is 1. The van der Waals surface area contributed by atoms with Crippen molar-refractivity contribution in [3.8, 4) is 22.1 Å². The number of carbonyl (C=O) groups excluding carboxylic acids is 1. The highest BCUT2D eigenvalue weighted by Crippen LogP contribution is 2.33. The van der Waals surface area contributed by atoms with Crippen LogP contribution >= 0.6 is 11.3 Å². The zero-order chi connectivity index (χ0) is 23.0. The van der Waals surface area contributed by atoms with Crippen molar-refractivity contribution in [2.45, 2.75) is 6.18 Å².